The summed E-state index contributed by atoms with van der Waals surface area (Å²) in [4.78, 5) is 14.5. The van der Waals surface area contributed by atoms with Crippen molar-refractivity contribution in [2.24, 2.45) is 0 Å². The topological polar surface area (TPSA) is 50.2 Å². The summed E-state index contributed by atoms with van der Waals surface area (Å²) in [7, 11) is 0. The van der Waals surface area contributed by atoms with E-state index in [0.717, 1.165) is 0 Å². The van der Waals surface area contributed by atoms with E-state index >= 15 is 0 Å². The van der Waals surface area contributed by atoms with Crippen LogP contribution in [0, 0.1) is 3.70 Å². The van der Waals surface area contributed by atoms with Gasteiger partial charge in [-0.2, -0.15) is 0 Å². The van der Waals surface area contributed by atoms with Crippen LogP contribution >= 0.6 is 34.2 Å². The second kappa shape index (κ2) is 5.72. The molecule has 0 bridgehead atoms. The van der Waals surface area contributed by atoms with E-state index in [2.05, 4.69) is 4.98 Å². The van der Waals surface area contributed by atoms with Crippen LogP contribution in [0.1, 0.15) is 23.2 Å². The molecule has 0 atom stereocenters. The molecule has 0 aromatic carbocycles. The third-order valence-electron chi connectivity index (χ3n) is 1.90. The zero-order valence-electron chi connectivity index (χ0n) is 7.88. The van der Waals surface area contributed by atoms with Gasteiger partial charge in [0.1, 0.15) is 3.70 Å². The van der Waals surface area contributed by atoms with Crippen LogP contribution in [0.5, 0.6) is 0 Å². The quantitative estimate of drug-likeness (QED) is 0.510. The van der Waals surface area contributed by atoms with E-state index in [1.165, 1.54) is 6.07 Å². The van der Waals surface area contributed by atoms with E-state index in [4.69, 9.17) is 16.7 Å². The molecule has 0 spiro atoms. The summed E-state index contributed by atoms with van der Waals surface area (Å²) in [5, 5.41) is 8.64. The minimum Gasteiger partial charge on any atom is -0.481 e. The van der Waals surface area contributed by atoms with Crippen molar-refractivity contribution in [2.75, 3.05) is 0 Å². The molecule has 0 saturated heterocycles. The van der Waals surface area contributed by atoms with Crippen LogP contribution in [-0.4, -0.2) is 16.1 Å². The van der Waals surface area contributed by atoms with Gasteiger partial charge in [0.2, 0.25) is 0 Å². The number of hydrogen-bond acceptors (Lipinski definition) is 2. The molecule has 3 nitrogen and oxygen atoms in total. The first-order chi connectivity index (χ1) is 7.45. The second-order valence-electron chi connectivity index (χ2n) is 2.96. The number of hydrogen-bond donors (Lipinski definition) is 1. The van der Waals surface area contributed by atoms with Crippen LogP contribution in [-0.2, 0) is 17.1 Å². The highest BCUT2D eigenvalue weighted by Gasteiger charge is 2.20. The molecule has 7 heteroatoms. The Morgan fingerprint density at radius 3 is 2.69 bits per heavy atom. The van der Waals surface area contributed by atoms with Crippen LogP contribution in [0.15, 0.2) is 6.07 Å². The van der Waals surface area contributed by atoms with Crippen LogP contribution in [0.4, 0.5) is 8.78 Å². The standard InChI is InChI=1S/C9H7ClF2INO2/c10-3-6-4(2-8(15)16)5(9(11)12)1-7(13)14-6/h1,9H,2-3H2,(H,15,16). The average molecular weight is 362 g/mol. The van der Waals surface area contributed by atoms with E-state index in [1.807, 2.05) is 0 Å². The third kappa shape index (κ3) is 3.24. The Labute approximate surface area is 109 Å². The fourth-order valence-electron chi connectivity index (χ4n) is 1.27. The molecule has 16 heavy (non-hydrogen) atoms. The van der Waals surface area contributed by atoms with Crippen molar-refractivity contribution >= 4 is 40.2 Å². The normalized spacial score (nSPS) is 10.8. The predicted octanol–water partition coefficient (Wildman–Crippen LogP) is 2.99. The summed E-state index contributed by atoms with van der Waals surface area (Å²) in [6.45, 7) is 0. The number of rotatable bonds is 4. The summed E-state index contributed by atoms with van der Waals surface area (Å²) < 4.78 is 25.8. The molecule has 0 fully saturated rings. The minimum absolute atomic E-state index is 0.0120. The van der Waals surface area contributed by atoms with Crippen molar-refractivity contribution < 1.29 is 18.7 Å². The molecule has 0 saturated carbocycles. The number of halogens is 4. The monoisotopic (exact) mass is 361 g/mol. The average Bonchev–Trinajstić information content (AvgIpc) is 2.19. The molecule has 0 amide bonds. The minimum atomic E-state index is -2.73. The van der Waals surface area contributed by atoms with Gasteiger partial charge in [0.15, 0.2) is 0 Å². The van der Waals surface area contributed by atoms with Gasteiger partial charge in [0.05, 0.1) is 18.0 Å². The molecule has 1 heterocycles. The van der Waals surface area contributed by atoms with Crippen molar-refractivity contribution in [3.63, 3.8) is 0 Å². The molecular weight excluding hydrogens is 354 g/mol. The van der Waals surface area contributed by atoms with Gasteiger partial charge in [-0.3, -0.25) is 4.79 Å². The summed E-state index contributed by atoms with van der Waals surface area (Å²) in [6, 6.07) is 1.18. The number of carboxylic acids is 1. The van der Waals surface area contributed by atoms with E-state index in [-0.39, 0.29) is 22.7 Å². The van der Waals surface area contributed by atoms with Crippen LogP contribution in [0.25, 0.3) is 0 Å². The van der Waals surface area contributed by atoms with Crippen molar-refractivity contribution in [3.05, 3.63) is 26.6 Å². The fourth-order valence-corrected chi connectivity index (χ4v) is 2.12. The van der Waals surface area contributed by atoms with E-state index < -0.39 is 18.8 Å². The van der Waals surface area contributed by atoms with Gasteiger partial charge in [-0.25, -0.2) is 13.8 Å². The van der Waals surface area contributed by atoms with Crippen LogP contribution in [0.3, 0.4) is 0 Å². The SMILES string of the molecule is O=C(O)Cc1c(C(F)F)cc(I)nc1CCl. The Morgan fingerprint density at radius 1 is 1.62 bits per heavy atom. The maximum Gasteiger partial charge on any atom is 0.307 e. The molecule has 0 radical (unpaired) electrons. The number of alkyl halides is 3. The summed E-state index contributed by atoms with van der Waals surface area (Å²) in [5.41, 5.74) is -0.0957. The van der Waals surface area contributed by atoms with Gasteiger partial charge in [-0.1, -0.05) is 0 Å². The van der Waals surface area contributed by atoms with Gasteiger partial charge >= 0.3 is 5.97 Å². The first kappa shape index (κ1) is 13.6. The molecule has 0 aliphatic heterocycles. The Kier molecular flexibility index (Phi) is 4.85. The van der Waals surface area contributed by atoms with Crippen molar-refractivity contribution in [3.8, 4) is 0 Å². The zero-order chi connectivity index (χ0) is 12.3. The van der Waals surface area contributed by atoms with E-state index in [0.29, 0.717) is 3.70 Å². The van der Waals surface area contributed by atoms with Gasteiger partial charge < -0.3 is 5.11 Å². The predicted molar refractivity (Wildman–Crippen MR) is 62.8 cm³/mol. The maximum atomic E-state index is 12.7. The van der Waals surface area contributed by atoms with Gasteiger partial charge in [-0.15, -0.1) is 11.6 Å². The molecule has 1 aromatic rings. The molecule has 0 aliphatic rings. The number of pyridine rings is 1. The highest BCUT2D eigenvalue weighted by atomic mass is 127. The summed E-state index contributed by atoms with van der Waals surface area (Å²) in [6.07, 6.45) is -3.22. The summed E-state index contributed by atoms with van der Waals surface area (Å²) >= 11 is 7.35. The zero-order valence-corrected chi connectivity index (χ0v) is 10.8. The lowest BCUT2D eigenvalue weighted by Crippen LogP contribution is -2.09. The number of aromatic nitrogens is 1. The largest absolute Gasteiger partial charge is 0.481 e. The number of nitrogens with zero attached hydrogens (tertiary/aromatic N) is 1. The molecule has 1 N–H and O–H groups in total. The van der Waals surface area contributed by atoms with Crippen molar-refractivity contribution in [1.82, 2.24) is 4.98 Å². The lowest BCUT2D eigenvalue weighted by molar-refractivity contribution is -0.136. The van der Waals surface area contributed by atoms with Crippen molar-refractivity contribution in [1.29, 1.82) is 0 Å². The lowest BCUT2D eigenvalue weighted by Gasteiger charge is -2.11. The van der Waals surface area contributed by atoms with Crippen molar-refractivity contribution in [2.45, 2.75) is 18.7 Å². The number of aliphatic carboxylic acids is 1. The first-order valence-electron chi connectivity index (χ1n) is 4.19. The molecule has 1 rings (SSSR count). The maximum absolute atomic E-state index is 12.7. The lowest BCUT2D eigenvalue weighted by atomic mass is 10.0. The molecule has 1 aromatic heterocycles. The molecule has 88 valence electrons. The molecular formula is C9H7ClF2INO2. The number of carboxylic acid groups (broad SMARTS) is 1. The third-order valence-corrected chi connectivity index (χ3v) is 2.71. The van der Waals surface area contributed by atoms with Gasteiger partial charge in [0.25, 0.3) is 6.43 Å². The summed E-state index contributed by atoms with van der Waals surface area (Å²) in [5.74, 6) is -1.27. The Balaban J connectivity index is 3.32. The van der Waals surface area contributed by atoms with Gasteiger partial charge in [-0.05, 0) is 34.2 Å². The second-order valence-corrected chi connectivity index (χ2v) is 4.34. The fraction of sp³-hybridized carbons (Fsp3) is 0.333. The highest BCUT2D eigenvalue weighted by Crippen LogP contribution is 2.27. The number of carbonyl (C=O) groups is 1. The molecule has 0 aliphatic carbocycles. The first-order valence-corrected chi connectivity index (χ1v) is 5.81. The molecule has 0 unspecified atom stereocenters. The Hall–Kier alpha value is -0.500. The highest BCUT2D eigenvalue weighted by molar-refractivity contribution is 14.1. The van der Waals surface area contributed by atoms with E-state index in [9.17, 15) is 13.6 Å². The van der Waals surface area contributed by atoms with Gasteiger partial charge in [0, 0.05) is 5.56 Å². The Morgan fingerprint density at radius 2 is 2.25 bits per heavy atom. The van der Waals surface area contributed by atoms with E-state index in [1.54, 1.807) is 22.6 Å². The Bertz CT molecular complexity index is 415. The van der Waals surface area contributed by atoms with Crippen LogP contribution in [0.2, 0.25) is 0 Å². The smallest absolute Gasteiger partial charge is 0.307 e. The van der Waals surface area contributed by atoms with Crippen LogP contribution < -0.4 is 0 Å².